The van der Waals surface area contributed by atoms with Gasteiger partial charge in [0.05, 0.1) is 12.6 Å². The molecule has 2 heterocycles. The fourth-order valence-electron chi connectivity index (χ4n) is 3.00. The molecule has 1 spiro atoms. The minimum Gasteiger partial charge on any atom is -0.441 e. The lowest BCUT2D eigenvalue weighted by molar-refractivity contribution is 0.0316. The lowest BCUT2D eigenvalue weighted by atomic mass is 9.92. The van der Waals surface area contributed by atoms with Gasteiger partial charge < -0.3 is 10.1 Å². The summed E-state index contributed by atoms with van der Waals surface area (Å²) in [6.45, 7) is 4.64. The van der Waals surface area contributed by atoms with Crippen LogP contribution in [0.1, 0.15) is 31.4 Å². The summed E-state index contributed by atoms with van der Waals surface area (Å²) in [6, 6.07) is 10.2. The summed E-state index contributed by atoms with van der Waals surface area (Å²) in [5.41, 5.74) is 0.899. The Hall–Kier alpha value is -1.55. The average molecular weight is 260 g/mol. The molecule has 19 heavy (non-hydrogen) atoms. The Labute approximate surface area is 113 Å². The first-order valence-electron chi connectivity index (χ1n) is 6.95. The number of hydrogen-bond acceptors (Lipinski definition) is 3. The topological polar surface area (TPSA) is 41.6 Å². The molecule has 2 aliphatic rings. The number of hydrogen-bond donors (Lipinski definition) is 1. The number of ether oxygens (including phenoxy) is 1. The lowest BCUT2D eigenvalue weighted by Crippen LogP contribution is -2.45. The van der Waals surface area contributed by atoms with E-state index in [1.807, 2.05) is 23.1 Å². The van der Waals surface area contributed by atoms with Gasteiger partial charge in [-0.2, -0.15) is 0 Å². The molecule has 1 amide bonds. The zero-order valence-corrected chi connectivity index (χ0v) is 11.3. The van der Waals surface area contributed by atoms with Crippen molar-refractivity contribution in [2.24, 2.45) is 0 Å². The monoisotopic (exact) mass is 260 g/mol. The van der Waals surface area contributed by atoms with Gasteiger partial charge >= 0.3 is 6.09 Å². The molecule has 1 atom stereocenters. The van der Waals surface area contributed by atoms with Gasteiger partial charge in [0.25, 0.3) is 0 Å². The molecule has 4 nitrogen and oxygen atoms in total. The van der Waals surface area contributed by atoms with Crippen LogP contribution in [0.4, 0.5) is 4.79 Å². The number of benzene rings is 1. The van der Waals surface area contributed by atoms with Crippen molar-refractivity contribution >= 4 is 6.09 Å². The molecule has 2 saturated heterocycles. The van der Waals surface area contributed by atoms with Crippen LogP contribution in [0.3, 0.4) is 0 Å². The standard InChI is InChI=1S/C15H20N2O2/c1-12(13-5-3-2-4-6-13)17-11-15(19-14(17)18)7-9-16-10-8-15/h2-6,12,16H,7-11H2,1H3. The molecule has 1 aromatic carbocycles. The maximum Gasteiger partial charge on any atom is 0.411 e. The number of piperidine rings is 1. The predicted molar refractivity (Wildman–Crippen MR) is 72.9 cm³/mol. The number of nitrogens with one attached hydrogen (secondary N) is 1. The van der Waals surface area contributed by atoms with E-state index in [1.54, 1.807) is 0 Å². The van der Waals surface area contributed by atoms with Crippen molar-refractivity contribution in [2.75, 3.05) is 19.6 Å². The highest BCUT2D eigenvalue weighted by Crippen LogP contribution is 2.35. The quantitative estimate of drug-likeness (QED) is 0.887. The third kappa shape index (κ3) is 2.32. The van der Waals surface area contributed by atoms with E-state index < -0.39 is 0 Å². The van der Waals surface area contributed by atoms with Crippen LogP contribution in [0.25, 0.3) is 0 Å². The number of carbonyl (C=O) groups excluding carboxylic acids is 1. The molecule has 0 bridgehead atoms. The highest BCUT2D eigenvalue weighted by Gasteiger charge is 2.47. The van der Waals surface area contributed by atoms with Gasteiger partial charge in [-0.25, -0.2) is 4.79 Å². The van der Waals surface area contributed by atoms with Gasteiger partial charge in [-0.1, -0.05) is 30.3 Å². The lowest BCUT2D eigenvalue weighted by Gasteiger charge is -2.32. The zero-order valence-electron chi connectivity index (χ0n) is 11.3. The second-order valence-electron chi connectivity index (χ2n) is 5.52. The zero-order chi connectivity index (χ0) is 13.3. The van der Waals surface area contributed by atoms with Crippen molar-refractivity contribution in [3.05, 3.63) is 35.9 Å². The number of carbonyl (C=O) groups is 1. The van der Waals surface area contributed by atoms with Crippen LogP contribution in [0.5, 0.6) is 0 Å². The highest BCUT2D eigenvalue weighted by atomic mass is 16.6. The highest BCUT2D eigenvalue weighted by molar-refractivity contribution is 5.71. The molecule has 0 aromatic heterocycles. The van der Waals surface area contributed by atoms with E-state index in [-0.39, 0.29) is 17.7 Å². The smallest absolute Gasteiger partial charge is 0.411 e. The van der Waals surface area contributed by atoms with Gasteiger partial charge in [-0.3, -0.25) is 4.90 Å². The van der Waals surface area contributed by atoms with Gasteiger partial charge in [0, 0.05) is 12.8 Å². The van der Waals surface area contributed by atoms with Gasteiger partial charge in [-0.05, 0) is 25.6 Å². The second-order valence-corrected chi connectivity index (χ2v) is 5.52. The van der Waals surface area contributed by atoms with Gasteiger partial charge in [0.1, 0.15) is 5.60 Å². The molecular formula is C15H20N2O2. The second kappa shape index (κ2) is 4.85. The maximum absolute atomic E-state index is 12.1. The molecule has 0 saturated carbocycles. The summed E-state index contributed by atoms with van der Waals surface area (Å²) >= 11 is 0. The molecule has 0 aliphatic carbocycles. The summed E-state index contributed by atoms with van der Waals surface area (Å²) in [6.07, 6.45) is 1.66. The van der Waals surface area contributed by atoms with Crippen molar-refractivity contribution in [3.63, 3.8) is 0 Å². The van der Waals surface area contributed by atoms with E-state index in [0.717, 1.165) is 31.5 Å². The first kappa shape index (κ1) is 12.5. The fourth-order valence-corrected chi connectivity index (χ4v) is 3.00. The van der Waals surface area contributed by atoms with Crippen LogP contribution in [0.2, 0.25) is 0 Å². The molecule has 2 fully saturated rings. The largest absolute Gasteiger partial charge is 0.441 e. The Morgan fingerprint density at radius 1 is 1.26 bits per heavy atom. The Morgan fingerprint density at radius 3 is 2.63 bits per heavy atom. The number of nitrogens with zero attached hydrogens (tertiary/aromatic N) is 1. The van der Waals surface area contributed by atoms with Crippen LogP contribution in [0.15, 0.2) is 30.3 Å². The molecule has 1 aromatic rings. The van der Waals surface area contributed by atoms with E-state index >= 15 is 0 Å². The van der Waals surface area contributed by atoms with Crippen LogP contribution >= 0.6 is 0 Å². The van der Waals surface area contributed by atoms with Gasteiger partial charge in [0.15, 0.2) is 0 Å². The number of amides is 1. The summed E-state index contributed by atoms with van der Waals surface area (Å²) in [5.74, 6) is 0. The maximum atomic E-state index is 12.1. The Morgan fingerprint density at radius 2 is 1.95 bits per heavy atom. The van der Waals surface area contributed by atoms with E-state index in [0.29, 0.717) is 6.54 Å². The average Bonchev–Trinajstić information content (AvgIpc) is 2.76. The van der Waals surface area contributed by atoms with Crippen LogP contribution in [0, 0.1) is 0 Å². The van der Waals surface area contributed by atoms with Crippen molar-refractivity contribution in [3.8, 4) is 0 Å². The number of rotatable bonds is 2. The van der Waals surface area contributed by atoms with E-state index in [4.69, 9.17) is 4.74 Å². The van der Waals surface area contributed by atoms with E-state index in [1.165, 1.54) is 0 Å². The Kier molecular flexibility index (Phi) is 3.19. The van der Waals surface area contributed by atoms with Crippen molar-refractivity contribution in [1.29, 1.82) is 0 Å². The first-order valence-corrected chi connectivity index (χ1v) is 6.95. The minimum absolute atomic E-state index is 0.0722. The van der Waals surface area contributed by atoms with Crippen LogP contribution < -0.4 is 5.32 Å². The predicted octanol–water partition coefficient (Wildman–Crippen LogP) is 2.32. The fraction of sp³-hybridized carbons (Fsp3) is 0.533. The SMILES string of the molecule is CC(c1ccccc1)N1CC2(CCNCC2)OC1=O. The third-order valence-electron chi connectivity index (χ3n) is 4.26. The van der Waals surface area contributed by atoms with Crippen molar-refractivity contribution < 1.29 is 9.53 Å². The van der Waals surface area contributed by atoms with Gasteiger partial charge in [-0.15, -0.1) is 0 Å². The third-order valence-corrected chi connectivity index (χ3v) is 4.26. The summed E-state index contributed by atoms with van der Waals surface area (Å²) < 4.78 is 5.69. The van der Waals surface area contributed by atoms with Crippen molar-refractivity contribution in [2.45, 2.75) is 31.4 Å². The molecule has 4 heteroatoms. The molecular weight excluding hydrogens is 240 g/mol. The summed E-state index contributed by atoms with van der Waals surface area (Å²) in [7, 11) is 0. The molecule has 0 radical (unpaired) electrons. The molecule has 2 aliphatic heterocycles. The normalized spacial score (nSPS) is 23.4. The van der Waals surface area contributed by atoms with E-state index in [2.05, 4.69) is 24.4 Å². The first-order chi connectivity index (χ1) is 9.20. The van der Waals surface area contributed by atoms with Gasteiger partial charge in [0.2, 0.25) is 0 Å². The molecule has 102 valence electrons. The van der Waals surface area contributed by atoms with Crippen LogP contribution in [-0.2, 0) is 4.74 Å². The van der Waals surface area contributed by atoms with Crippen LogP contribution in [-0.4, -0.2) is 36.2 Å². The summed E-state index contributed by atoms with van der Waals surface area (Å²) in [5, 5.41) is 3.32. The van der Waals surface area contributed by atoms with Crippen molar-refractivity contribution in [1.82, 2.24) is 10.2 Å². The Balaban J connectivity index is 1.77. The summed E-state index contributed by atoms with van der Waals surface area (Å²) in [4.78, 5) is 14.0. The van der Waals surface area contributed by atoms with E-state index in [9.17, 15) is 4.79 Å². The molecule has 1 N–H and O–H groups in total. The minimum atomic E-state index is -0.259. The molecule has 3 rings (SSSR count). The Bertz CT molecular complexity index is 454. The molecule has 1 unspecified atom stereocenters.